The summed E-state index contributed by atoms with van der Waals surface area (Å²) in [6.07, 6.45) is 4.14. The van der Waals surface area contributed by atoms with Gasteiger partial charge in [0.1, 0.15) is 11.6 Å². The second-order valence-corrected chi connectivity index (χ2v) is 6.75. The molecule has 2 heterocycles. The lowest BCUT2D eigenvalue weighted by Gasteiger charge is -2.29. The van der Waals surface area contributed by atoms with Crippen LogP contribution < -0.4 is 10.2 Å². The van der Waals surface area contributed by atoms with Gasteiger partial charge in [0.15, 0.2) is 0 Å². The van der Waals surface area contributed by atoms with E-state index < -0.39 is 23.7 Å². The Kier molecular flexibility index (Phi) is 4.82. The maximum Gasteiger partial charge on any atom is 0.407 e. The smallest absolute Gasteiger partial charge is 0.407 e. The number of hydrogen-bond acceptors (Lipinski definition) is 5. The summed E-state index contributed by atoms with van der Waals surface area (Å²) in [5.74, 6) is -0.867. The van der Waals surface area contributed by atoms with Crippen LogP contribution in [0, 0.1) is 0 Å². The Balaban J connectivity index is 2.05. The number of alkyl carbamates (subject to hydrolysis) is 1. The number of rotatable bonds is 4. The van der Waals surface area contributed by atoms with E-state index in [0.717, 1.165) is 5.69 Å². The van der Waals surface area contributed by atoms with Crippen molar-refractivity contribution in [3.05, 3.63) is 12.4 Å². The highest BCUT2D eigenvalue weighted by atomic mass is 16.6. The minimum absolute atomic E-state index is 0.104. The molecule has 8 nitrogen and oxygen atoms in total. The predicted molar refractivity (Wildman–Crippen MR) is 84.4 cm³/mol. The lowest BCUT2D eigenvalue weighted by Crippen LogP contribution is -2.46. The number of amides is 1. The van der Waals surface area contributed by atoms with Crippen molar-refractivity contribution in [3.63, 3.8) is 0 Å². The minimum Gasteiger partial charge on any atom is -0.480 e. The number of anilines is 1. The van der Waals surface area contributed by atoms with Crippen LogP contribution in [0.2, 0.25) is 0 Å². The molecule has 0 bridgehead atoms. The Morgan fingerprint density at radius 2 is 2.13 bits per heavy atom. The van der Waals surface area contributed by atoms with Gasteiger partial charge in [-0.3, -0.25) is 4.68 Å². The van der Waals surface area contributed by atoms with E-state index in [1.54, 1.807) is 44.9 Å². The standard InChI is InChI=1S/C15H24N4O4/c1-15(2,3)23-14(22)16-7-10-5-6-12(13(20)21)19(10)11-8-17-18(4)9-11/h8-10,12H,5-7H2,1-4H3,(H,16,22)(H,20,21)/t10-,12-/m1/s1. The number of aryl methyl sites for hydroxylation is 1. The zero-order chi connectivity index (χ0) is 17.2. The Morgan fingerprint density at radius 3 is 2.65 bits per heavy atom. The highest BCUT2D eigenvalue weighted by molar-refractivity contribution is 5.79. The van der Waals surface area contributed by atoms with E-state index in [0.29, 0.717) is 19.4 Å². The summed E-state index contributed by atoms with van der Waals surface area (Å²) in [7, 11) is 1.78. The highest BCUT2D eigenvalue weighted by Gasteiger charge is 2.38. The summed E-state index contributed by atoms with van der Waals surface area (Å²) in [6.45, 7) is 5.72. The molecule has 0 radical (unpaired) electrons. The largest absolute Gasteiger partial charge is 0.480 e. The number of nitrogens with zero attached hydrogens (tertiary/aromatic N) is 3. The maximum absolute atomic E-state index is 11.8. The Bertz CT molecular complexity index is 578. The molecule has 128 valence electrons. The van der Waals surface area contributed by atoms with Crippen molar-refractivity contribution < 1.29 is 19.4 Å². The van der Waals surface area contributed by atoms with Crippen molar-refractivity contribution in [3.8, 4) is 0 Å². The van der Waals surface area contributed by atoms with Crippen LogP contribution in [0.15, 0.2) is 12.4 Å². The number of carbonyl (C=O) groups excluding carboxylic acids is 1. The SMILES string of the molecule is Cn1cc(N2[C@@H](CNC(=O)OC(C)(C)C)CC[C@@H]2C(=O)O)cn1. The van der Waals surface area contributed by atoms with Crippen LogP contribution in [0.25, 0.3) is 0 Å². The van der Waals surface area contributed by atoms with Gasteiger partial charge in [-0.25, -0.2) is 9.59 Å². The van der Waals surface area contributed by atoms with Crippen molar-refractivity contribution in [2.45, 2.75) is 51.3 Å². The van der Waals surface area contributed by atoms with E-state index in [9.17, 15) is 14.7 Å². The topological polar surface area (TPSA) is 96.7 Å². The number of hydrogen-bond donors (Lipinski definition) is 2. The van der Waals surface area contributed by atoms with Crippen LogP contribution in [0.3, 0.4) is 0 Å². The monoisotopic (exact) mass is 324 g/mol. The molecule has 2 rings (SSSR count). The Labute approximate surface area is 135 Å². The molecule has 1 aromatic rings. The molecular formula is C15H24N4O4. The Morgan fingerprint density at radius 1 is 1.43 bits per heavy atom. The molecule has 1 aromatic heterocycles. The average Bonchev–Trinajstić information content (AvgIpc) is 2.99. The van der Waals surface area contributed by atoms with Crippen LogP contribution >= 0.6 is 0 Å². The molecule has 0 unspecified atom stereocenters. The third-order valence-electron chi connectivity index (χ3n) is 3.66. The van der Waals surface area contributed by atoms with Crippen LogP contribution in [-0.2, 0) is 16.6 Å². The van der Waals surface area contributed by atoms with Crippen LogP contribution in [-0.4, -0.2) is 51.2 Å². The van der Waals surface area contributed by atoms with Crippen molar-refractivity contribution in [1.29, 1.82) is 0 Å². The molecule has 23 heavy (non-hydrogen) atoms. The van der Waals surface area contributed by atoms with Gasteiger partial charge in [0, 0.05) is 25.8 Å². The summed E-state index contributed by atoms with van der Waals surface area (Å²) in [5, 5.41) is 16.2. The number of carboxylic acids is 1. The molecule has 1 aliphatic heterocycles. The van der Waals surface area contributed by atoms with E-state index in [2.05, 4.69) is 10.4 Å². The van der Waals surface area contributed by atoms with Crippen molar-refractivity contribution in [2.75, 3.05) is 11.4 Å². The average molecular weight is 324 g/mol. The molecule has 1 aliphatic rings. The van der Waals surface area contributed by atoms with Gasteiger partial charge in [0.25, 0.3) is 0 Å². The molecule has 2 N–H and O–H groups in total. The van der Waals surface area contributed by atoms with E-state index >= 15 is 0 Å². The molecule has 1 saturated heterocycles. The highest BCUT2D eigenvalue weighted by Crippen LogP contribution is 2.30. The molecule has 8 heteroatoms. The van der Waals surface area contributed by atoms with Gasteiger partial charge in [0.2, 0.25) is 0 Å². The first-order valence-corrected chi connectivity index (χ1v) is 7.64. The Hall–Kier alpha value is -2.25. The zero-order valence-corrected chi connectivity index (χ0v) is 13.9. The van der Waals surface area contributed by atoms with E-state index in [1.165, 1.54) is 0 Å². The first-order chi connectivity index (χ1) is 10.7. The number of nitrogens with one attached hydrogen (secondary N) is 1. The van der Waals surface area contributed by atoms with Crippen LogP contribution in [0.4, 0.5) is 10.5 Å². The number of aromatic nitrogens is 2. The molecule has 1 fully saturated rings. The lowest BCUT2D eigenvalue weighted by molar-refractivity contribution is -0.138. The van der Waals surface area contributed by atoms with E-state index in [1.807, 2.05) is 4.90 Å². The maximum atomic E-state index is 11.8. The van der Waals surface area contributed by atoms with Crippen molar-refractivity contribution in [1.82, 2.24) is 15.1 Å². The van der Waals surface area contributed by atoms with Gasteiger partial charge < -0.3 is 20.1 Å². The quantitative estimate of drug-likeness (QED) is 0.868. The molecule has 0 spiro atoms. The second-order valence-electron chi connectivity index (χ2n) is 6.75. The van der Waals surface area contributed by atoms with Crippen molar-refractivity contribution in [2.24, 2.45) is 7.05 Å². The zero-order valence-electron chi connectivity index (χ0n) is 13.9. The molecule has 0 aliphatic carbocycles. The fraction of sp³-hybridized carbons (Fsp3) is 0.667. The summed E-state index contributed by atoms with van der Waals surface area (Å²) in [4.78, 5) is 25.1. The first kappa shape index (κ1) is 17.1. The van der Waals surface area contributed by atoms with Crippen LogP contribution in [0.1, 0.15) is 33.6 Å². The fourth-order valence-corrected chi connectivity index (χ4v) is 2.77. The summed E-state index contributed by atoms with van der Waals surface area (Å²) in [5.41, 5.74) is 0.181. The molecular weight excluding hydrogens is 300 g/mol. The normalized spacial score (nSPS) is 21.3. The molecule has 0 saturated carbocycles. The van der Waals surface area contributed by atoms with E-state index in [4.69, 9.17) is 4.74 Å². The third-order valence-corrected chi connectivity index (χ3v) is 3.66. The third kappa shape index (κ3) is 4.37. The van der Waals surface area contributed by atoms with Gasteiger partial charge >= 0.3 is 12.1 Å². The second kappa shape index (κ2) is 6.47. The van der Waals surface area contributed by atoms with Crippen molar-refractivity contribution >= 4 is 17.7 Å². The molecule has 0 aromatic carbocycles. The minimum atomic E-state index is -0.867. The fourth-order valence-electron chi connectivity index (χ4n) is 2.77. The lowest BCUT2D eigenvalue weighted by atomic mass is 10.2. The van der Waals surface area contributed by atoms with Gasteiger partial charge in [-0.1, -0.05) is 0 Å². The van der Waals surface area contributed by atoms with Gasteiger partial charge in [-0.05, 0) is 33.6 Å². The van der Waals surface area contributed by atoms with E-state index in [-0.39, 0.29) is 6.04 Å². The number of ether oxygens (including phenoxy) is 1. The first-order valence-electron chi connectivity index (χ1n) is 7.64. The number of carboxylic acid groups (broad SMARTS) is 1. The van der Waals surface area contributed by atoms with Gasteiger partial charge in [0.05, 0.1) is 11.9 Å². The van der Waals surface area contributed by atoms with Gasteiger partial charge in [-0.2, -0.15) is 5.10 Å². The summed E-state index contributed by atoms with van der Waals surface area (Å²) < 4.78 is 6.85. The summed E-state index contributed by atoms with van der Waals surface area (Å²) >= 11 is 0. The van der Waals surface area contributed by atoms with Crippen LogP contribution in [0.5, 0.6) is 0 Å². The summed E-state index contributed by atoms with van der Waals surface area (Å²) in [6, 6.07) is -0.711. The molecule has 1 amide bonds. The number of aliphatic carboxylic acids is 1. The predicted octanol–water partition coefficient (Wildman–Crippen LogP) is 1.37. The molecule has 2 atom stereocenters. The number of carbonyl (C=O) groups is 2. The van der Waals surface area contributed by atoms with Gasteiger partial charge in [-0.15, -0.1) is 0 Å².